The Kier molecular flexibility index (Phi) is 6.41. The summed E-state index contributed by atoms with van der Waals surface area (Å²) in [5.74, 6) is 2.69. The van der Waals surface area contributed by atoms with Crippen molar-refractivity contribution in [1.29, 1.82) is 0 Å². The summed E-state index contributed by atoms with van der Waals surface area (Å²) in [5.41, 5.74) is 6.28. The van der Waals surface area contributed by atoms with Gasteiger partial charge >= 0.3 is 0 Å². The van der Waals surface area contributed by atoms with Gasteiger partial charge in [-0.3, -0.25) is 4.79 Å². The fourth-order valence-corrected chi connectivity index (χ4v) is 3.98. The van der Waals surface area contributed by atoms with E-state index in [2.05, 4.69) is 15.5 Å². The zero-order chi connectivity index (χ0) is 15.5. The van der Waals surface area contributed by atoms with Crippen LogP contribution in [0, 0.1) is 17.8 Å². The fraction of sp³-hybridized carbons (Fsp3) is 0.812. The number of nitrogens with one attached hydrogen (secondary N) is 1. The predicted octanol–water partition coefficient (Wildman–Crippen LogP) is 1.87. The average Bonchev–Trinajstić information content (AvgIpc) is 2.95. The van der Waals surface area contributed by atoms with Gasteiger partial charge in [-0.25, -0.2) is 0 Å². The highest BCUT2D eigenvalue weighted by Crippen LogP contribution is 2.41. The minimum atomic E-state index is 0. The number of nitrogens with two attached hydrogens (primary N) is 1. The molecule has 130 valence electrons. The van der Waals surface area contributed by atoms with E-state index in [4.69, 9.17) is 10.3 Å². The van der Waals surface area contributed by atoms with Gasteiger partial charge in [0.1, 0.15) is 0 Å². The van der Waals surface area contributed by atoms with E-state index >= 15 is 0 Å². The summed E-state index contributed by atoms with van der Waals surface area (Å²) in [6.45, 7) is 2.54. The molecule has 1 aromatic heterocycles. The Labute approximate surface area is 143 Å². The smallest absolute Gasteiger partial charge is 0.226 e. The summed E-state index contributed by atoms with van der Waals surface area (Å²) in [7, 11) is 0. The third-order valence-electron chi connectivity index (χ3n) is 5.24. The van der Waals surface area contributed by atoms with Crippen molar-refractivity contribution in [3.05, 3.63) is 11.7 Å². The molecule has 2 bridgehead atoms. The van der Waals surface area contributed by atoms with Crippen molar-refractivity contribution in [2.75, 3.05) is 6.54 Å². The molecule has 2 unspecified atom stereocenters. The van der Waals surface area contributed by atoms with Crippen molar-refractivity contribution in [2.45, 2.75) is 57.9 Å². The van der Waals surface area contributed by atoms with Crippen molar-refractivity contribution >= 4 is 18.3 Å². The molecule has 0 saturated heterocycles. The van der Waals surface area contributed by atoms with Crippen molar-refractivity contribution in [3.63, 3.8) is 0 Å². The van der Waals surface area contributed by atoms with Crippen LogP contribution in [0.25, 0.3) is 0 Å². The molecule has 7 heteroatoms. The average molecular weight is 343 g/mol. The van der Waals surface area contributed by atoms with E-state index in [0.29, 0.717) is 42.6 Å². The Balaban J connectivity index is 0.00000192. The number of amides is 1. The molecule has 0 radical (unpaired) electrons. The largest absolute Gasteiger partial charge is 0.355 e. The maximum atomic E-state index is 12.4. The number of hydrogen-bond acceptors (Lipinski definition) is 5. The normalized spacial score (nSPS) is 29.7. The Hall–Kier alpha value is -1.14. The van der Waals surface area contributed by atoms with Crippen LogP contribution in [0.5, 0.6) is 0 Å². The summed E-state index contributed by atoms with van der Waals surface area (Å²) in [6.07, 6.45) is 6.90. The summed E-state index contributed by atoms with van der Waals surface area (Å²) in [5, 5.41) is 6.93. The van der Waals surface area contributed by atoms with Gasteiger partial charge in [-0.05, 0) is 37.5 Å². The molecule has 1 amide bonds. The lowest BCUT2D eigenvalue weighted by atomic mass is 9.65. The monoisotopic (exact) mass is 342 g/mol. The molecule has 3 N–H and O–H groups in total. The number of nitrogens with zero attached hydrogens (tertiary/aromatic N) is 2. The van der Waals surface area contributed by atoms with Crippen LogP contribution >= 0.6 is 12.4 Å². The SMILES string of the molecule is CCc1nc(CCNC(=O)C2CC3CCCC(C2)C3N)no1.Cl. The number of aryl methyl sites for hydroxylation is 1. The van der Waals surface area contributed by atoms with Gasteiger partial charge in [0.25, 0.3) is 0 Å². The summed E-state index contributed by atoms with van der Waals surface area (Å²) in [4.78, 5) is 16.6. The predicted molar refractivity (Wildman–Crippen MR) is 89.2 cm³/mol. The van der Waals surface area contributed by atoms with Crippen molar-refractivity contribution in [1.82, 2.24) is 15.5 Å². The molecule has 2 aliphatic carbocycles. The lowest BCUT2D eigenvalue weighted by molar-refractivity contribution is -0.127. The highest BCUT2D eigenvalue weighted by atomic mass is 35.5. The van der Waals surface area contributed by atoms with Crippen LogP contribution < -0.4 is 11.1 Å². The molecule has 2 saturated carbocycles. The molecule has 1 heterocycles. The second-order valence-corrected chi connectivity index (χ2v) is 6.70. The van der Waals surface area contributed by atoms with E-state index in [-0.39, 0.29) is 24.2 Å². The van der Waals surface area contributed by atoms with Gasteiger partial charge in [0, 0.05) is 31.3 Å². The zero-order valence-corrected chi connectivity index (χ0v) is 14.5. The minimum Gasteiger partial charge on any atom is -0.355 e. The van der Waals surface area contributed by atoms with Crippen molar-refractivity contribution < 1.29 is 9.32 Å². The van der Waals surface area contributed by atoms with E-state index in [0.717, 1.165) is 19.3 Å². The lowest BCUT2D eigenvalue weighted by Crippen LogP contribution is -2.49. The number of rotatable bonds is 5. The van der Waals surface area contributed by atoms with Crippen LogP contribution in [-0.4, -0.2) is 28.6 Å². The molecule has 3 rings (SSSR count). The second kappa shape index (κ2) is 8.11. The highest BCUT2D eigenvalue weighted by Gasteiger charge is 2.40. The van der Waals surface area contributed by atoms with Gasteiger partial charge in [-0.2, -0.15) is 4.98 Å². The molecular formula is C16H27ClN4O2. The maximum Gasteiger partial charge on any atom is 0.226 e. The first-order valence-corrected chi connectivity index (χ1v) is 8.52. The minimum absolute atomic E-state index is 0. The number of fused-ring (bicyclic) bond motifs is 2. The lowest BCUT2D eigenvalue weighted by Gasteiger charge is -2.43. The zero-order valence-electron chi connectivity index (χ0n) is 13.7. The Bertz CT molecular complexity index is 508. The Morgan fingerprint density at radius 1 is 1.35 bits per heavy atom. The second-order valence-electron chi connectivity index (χ2n) is 6.70. The molecule has 2 atom stereocenters. The van der Waals surface area contributed by atoms with Crippen LogP contribution in [0.15, 0.2) is 4.52 Å². The van der Waals surface area contributed by atoms with E-state index in [1.54, 1.807) is 0 Å². The van der Waals surface area contributed by atoms with Gasteiger partial charge in [0.15, 0.2) is 5.82 Å². The summed E-state index contributed by atoms with van der Waals surface area (Å²) in [6, 6.07) is 0.310. The van der Waals surface area contributed by atoms with Crippen LogP contribution in [0.3, 0.4) is 0 Å². The number of hydrogen-bond donors (Lipinski definition) is 2. The van der Waals surface area contributed by atoms with Crippen LogP contribution in [-0.2, 0) is 17.6 Å². The number of halogens is 1. The molecular weight excluding hydrogens is 316 g/mol. The molecule has 0 aromatic carbocycles. The summed E-state index contributed by atoms with van der Waals surface area (Å²) >= 11 is 0. The Morgan fingerprint density at radius 2 is 2.04 bits per heavy atom. The number of aromatic nitrogens is 2. The van der Waals surface area contributed by atoms with E-state index in [1.807, 2.05) is 6.92 Å². The first-order valence-electron chi connectivity index (χ1n) is 8.52. The van der Waals surface area contributed by atoms with Gasteiger partial charge in [-0.1, -0.05) is 18.5 Å². The fourth-order valence-electron chi connectivity index (χ4n) is 3.98. The van der Waals surface area contributed by atoms with E-state index < -0.39 is 0 Å². The molecule has 1 aromatic rings. The van der Waals surface area contributed by atoms with Gasteiger partial charge < -0.3 is 15.6 Å². The first-order chi connectivity index (χ1) is 10.7. The molecule has 2 fully saturated rings. The molecule has 23 heavy (non-hydrogen) atoms. The molecule has 6 nitrogen and oxygen atoms in total. The van der Waals surface area contributed by atoms with Crippen molar-refractivity contribution in [3.8, 4) is 0 Å². The van der Waals surface area contributed by atoms with Gasteiger partial charge in [-0.15, -0.1) is 12.4 Å². The first kappa shape index (κ1) is 18.2. The quantitative estimate of drug-likeness (QED) is 0.851. The van der Waals surface area contributed by atoms with E-state index in [9.17, 15) is 4.79 Å². The molecule has 0 aliphatic heterocycles. The number of carbonyl (C=O) groups is 1. The molecule has 2 aliphatic rings. The standard InChI is InChI=1S/C16H26N4O2.ClH/c1-2-14-19-13(20-22-14)6-7-18-16(21)12-8-10-4-3-5-11(9-12)15(10)17;/h10-12,15H,2-9,17H2,1H3,(H,18,21);1H. The van der Waals surface area contributed by atoms with Gasteiger partial charge in [0.2, 0.25) is 11.8 Å². The number of carbonyl (C=O) groups excluding carboxylic acids is 1. The van der Waals surface area contributed by atoms with Gasteiger partial charge in [0.05, 0.1) is 0 Å². The summed E-state index contributed by atoms with van der Waals surface area (Å²) < 4.78 is 5.06. The van der Waals surface area contributed by atoms with Crippen molar-refractivity contribution in [2.24, 2.45) is 23.5 Å². The Morgan fingerprint density at radius 3 is 2.65 bits per heavy atom. The third-order valence-corrected chi connectivity index (χ3v) is 5.24. The molecule has 0 spiro atoms. The van der Waals surface area contributed by atoms with E-state index in [1.165, 1.54) is 19.3 Å². The maximum absolute atomic E-state index is 12.4. The van der Waals surface area contributed by atoms with Crippen LogP contribution in [0.4, 0.5) is 0 Å². The highest BCUT2D eigenvalue weighted by molar-refractivity contribution is 5.85. The topological polar surface area (TPSA) is 94.0 Å². The van der Waals surface area contributed by atoms with Crippen LogP contribution in [0.1, 0.15) is 50.7 Å². The van der Waals surface area contributed by atoms with Crippen LogP contribution in [0.2, 0.25) is 0 Å². The third kappa shape index (κ3) is 4.23.